The molecule has 0 fully saturated rings. The van der Waals surface area contributed by atoms with Crippen molar-refractivity contribution in [3.8, 4) is 11.5 Å². The molecule has 104 valence electrons. The van der Waals surface area contributed by atoms with Crippen LogP contribution in [-0.4, -0.2) is 13.2 Å². The number of hydrogen-bond acceptors (Lipinski definition) is 3. The molecule has 1 aliphatic rings. The standard InChI is InChI=1S/C16H16FNO2/c17-13-4-2-1-3-12(13)14(18)9-11-5-6-15-16(10-11)20-8-7-19-15/h1-6,10,14H,7-9,18H2. The van der Waals surface area contributed by atoms with E-state index in [0.717, 1.165) is 17.1 Å². The van der Waals surface area contributed by atoms with Gasteiger partial charge >= 0.3 is 0 Å². The summed E-state index contributed by atoms with van der Waals surface area (Å²) < 4.78 is 24.7. The van der Waals surface area contributed by atoms with Crippen LogP contribution in [0.15, 0.2) is 42.5 Å². The Labute approximate surface area is 117 Å². The summed E-state index contributed by atoms with van der Waals surface area (Å²) in [5.74, 6) is 1.21. The van der Waals surface area contributed by atoms with E-state index in [9.17, 15) is 4.39 Å². The maximum absolute atomic E-state index is 13.7. The van der Waals surface area contributed by atoms with E-state index in [1.165, 1.54) is 6.07 Å². The molecule has 0 spiro atoms. The molecule has 20 heavy (non-hydrogen) atoms. The predicted molar refractivity (Wildman–Crippen MR) is 74.5 cm³/mol. The number of nitrogens with two attached hydrogens (primary N) is 1. The molecule has 3 nitrogen and oxygen atoms in total. The van der Waals surface area contributed by atoms with Crippen LogP contribution >= 0.6 is 0 Å². The number of benzene rings is 2. The molecular formula is C16H16FNO2. The van der Waals surface area contributed by atoms with Gasteiger partial charge in [0.2, 0.25) is 0 Å². The zero-order valence-corrected chi connectivity index (χ0v) is 11.0. The molecule has 2 aromatic rings. The summed E-state index contributed by atoms with van der Waals surface area (Å²) in [5.41, 5.74) is 7.63. The van der Waals surface area contributed by atoms with Crippen molar-refractivity contribution >= 4 is 0 Å². The van der Waals surface area contributed by atoms with E-state index in [1.807, 2.05) is 18.2 Å². The van der Waals surface area contributed by atoms with Crippen LogP contribution in [0.4, 0.5) is 4.39 Å². The van der Waals surface area contributed by atoms with E-state index in [4.69, 9.17) is 15.2 Å². The Balaban J connectivity index is 1.79. The first kappa shape index (κ1) is 12.9. The Morgan fingerprint density at radius 2 is 1.80 bits per heavy atom. The van der Waals surface area contributed by atoms with Crippen molar-refractivity contribution in [2.75, 3.05) is 13.2 Å². The summed E-state index contributed by atoms with van der Waals surface area (Å²) in [6, 6.07) is 12.0. The SMILES string of the molecule is NC(Cc1ccc2c(c1)OCCO2)c1ccccc1F. The fourth-order valence-electron chi connectivity index (χ4n) is 2.35. The van der Waals surface area contributed by atoms with Crippen LogP contribution in [0, 0.1) is 5.82 Å². The van der Waals surface area contributed by atoms with Gasteiger partial charge in [-0.2, -0.15) is 0 Å². The third-order valence-electron chi connectivity index (χ3n) is 3.37. The first-order valence-electron chi connectivity index (χ1n) is 6.62. The second-order valence-corrected chi connectivity index (χ2v) is 4.81. The van der Waals surface area contributed by atoms with Crippen molar-refractivity contribution in [2.45, 2.75) is 12.5 Å². The Morgan fingerprint density at radius 1 is 1.05 bits per heavy atom. The fourth-order valence-corrected chi connectivity index (χ4v) is 2.35. The van der Waals surface area contributed by atoms with Gasteiger partial charge in [0.1, 0.15) is 19.0 Å². The molecule has 1 heterocycles. The van der Waals surface area contributed by atoms with E-state index in [2.05, 4.69) is 0 Å². The summed E-state index contributed by atoms with van der Waals surface area (Å²) >= 11 is 0. The first-order valence-corrected chi connectivity index (χ1v) is 6.62. The van der Waals surface area contributed by atoms with Crippen LogP contribution in [0.1, 0.15) is 17.2 Å². The van der Waals surface area contributed by atoms with Crippen LogP contribution in [0.2, 0.25) is 0 Å². The molecule has 1 atom stereocenters. The number of rotatable bonds is 3. The zero-order chi connectivity index (χ0) is 13.9. The summed E-state index contributed by atoms with van der Waals surface area (Å²) in [5, 5.41) is 0. The van der Waals surface area contributed by atoms with Crippen LogP contribution < -0.4 is 15.2 Å². The summed E-state index contributed by atoms with van der Waals surface area (Å²) in [6.45, 7) is 1.12. The van der Waals surface area contributed by atoms with Gasteiger partial charge in [0.25, 0.3) is 0 Å². The minimum absolute atomic E-state index is 0.266. The molecule has 0 saturated heterocycles. The average Bonchev–Trinajstić information content (AvgIpc) is 2.47. The summed E-state index contributed by atoms with van der Waals surface area (Å²) in [7, 11) is 0. The lowest BCUT2D eigenvalue weighted by Gasteiger charge is -2.20. The highest BCUT2D eigenvalue weighted by atomic mass is 19.1. The number of ether oxygens (including phenoxy) is 2. The van der Waals surface area contributed by atoms with Gasteiger partial charge in [0, 0.05) is 11.6 Å². The topological polar surface area (TPSA) is 44.5 Å². The average molecular weight is 273 g/mol. The quantitative estimate of drug-likeness (QED) is 0.935. The normalized spacial score (nSPS) is 14.9. The molecule has 0 aromatic heterocycles. The molecule has 4 heteroatoms. The third kappa shape index (κ3) is 2.60. The minimum atomic E-state index is -0.376. The number of fused-ring (bicyclic) bond motifs is 1. The minimum Gasteiger partial charge on any atom is -0.486 e. The molecule has 2 N–H and O–H groups in total. The summed E-state index contributed by atoms with van der Waals surface area (Å²) in [6.07, 6.45) is 0.553. The molecule has 1 aliphatic heterocycles. The van der Waals surface area contributed by atoms with Gasteiger partial charge in [-0.05, 0) is 30.2 Å². The van der Waals surface area contributed by atoms with Gasteiger partial charge in [-0.1, -0.05) is 24.3 Å². The molecule has 0 bridgehead atoms. The molecule has 3 rings (SSSR count). The maximum atomic E-state index is 13.7. The number of halogens is 1. The summed E-state index contributed by atoms with van der Waals surface area (Å²) in [4.78, 5) is 0. The van der Waals surface area contributed by atoms with Crippen molar-refractivity contribution in [2.24, 2.45) is 5.73 Å². The molecule has 0 aliphatic carbocycles. The molecule has 0 saturated carbocycles. The highest BCUT2D eigenvalue weighted by molar-refractivity contribution is 5.44. The highest BCUT2D eigenvalue weighted by Gasteiger charge is 2.15. The van der Waals surface area contributed by atoms with Crippen molar-refractivity contribution in [1.82, 2.24) is 0 Å². The van der Waals surface area contributed by atoms with Gasteiger partial charge in [0.15, 0.2) is 11.5 Å². The second-order valence-electron chi connectivity index (χ2n) is 4.81. The first-order chi connectivity index (χ1) is 9.74. The third-order valence-corrected chi connectivity index (χ3v) is 3.37. The Bertz CT molecular complexity index is 615. The lowest BCUT2D eigenvalue weighted by atomic mass is 9.99. The smallest absolute Gasteiger partial charge is 0.161 e. The molecule has 2 aromatic carbocycles. The van der Waals surface area contributed by atoms with Crippen molar-refractivity contribution < 1.29 is 13.9 Å². The number of hydrogen-bond donors (Lipinski definition) is 1. The van der Waals surface area contributed by atoms with Gasteiger partial charge in [-0.15, -0.1) is 0 Å². The monoisotopic (exact) mass is 273 g/mol. The lowest BCUT2D eigenvalue weighted by molar-refractivity contribution is 0.171. The van der Waals surface area contributed by atoms with E-state index in [1.54, 1.807) is 18.2 Å². The van der Waals surface area contributed by atoms with Gasteiger partial charge < -0.3 is 15.2 Å². The zero-order valence-electron chi connectivity index (χ0n) is 11.0. The van der Waals surface area contributed by atoms with Crippen LogP contribution in [0.3, 0.4) is 0 Å². The molecule has 0 radical (unpaired) electrons. The predicted octanol–water partition coefficient (Wildman–Crippen LogP) is 2.84. The van der Waals surface area contributed by atoms with Gasteiger partial charge in [-0.3, -0.25) is 0 Å². The van der Waals surface area contributed by atoms with E-state index in [0.29, 0.717) is 25.2 Å². The fraction of sp³-hybridized carbons (Fsp3) is 0.250. The van der Waals surface area contributed by atoms with Crippen molar-refractivity contribution in [3.05, 3.63) is 59.4 Å². The molecule has 0 amide bonds. The Hall–Kier alpha value is -2.07. The molecular weight excluding hydrogens is 257 g/mol. The molecule has 1 unspecified atom stereocenters. The maximum Gasteiger partial charge on any atom is 0.161 e. The van der Waals surface area contributed by atoms with Crippen LogP contribution in [-0.2, 0) is 6.42 Å². The van der Waals surface area contributed by atoms with E-state index < -0.39 is 0 Å². The largest absolute Gasteiger partial charge is 0.486 e. The van der Waals surface area contributed by atoms with Crippen molar-refractivity contribution in [3.63, 3.8) is 0 Å². The van der Waals surface area contributed by atoms with Gasteiger partial charge in [0.05, 0.1) is 0 Å². The van der Waals surface area contributed by atoms with E-state index >= 15 is 0 Å². The lowest BCUT2D eigenvalue weighted by Crippen LogP contribution is -2.17. The highest BCUT2D eigenvalue weighted by Crippen LogP contribution is 2.32. The van der Waals surface area contributed by atoms with Crippen LogP contribution in [0.5, 0.6) is 11.5 Å². The van der Waals surface area contributed by atoms with Crippen LogP contribution in [0.25, 0.3) is 0 Å². The Morgan fingerprint density at radius 3 is 2.60 bits per heavy atom. The Kier molecular flexibility index (Phi) is 3.56. The van der Waals surface area contributed by atoms with Crippen molar-refractivity contribution in [1.29, 1.82) is 0 Å². The van der Waals surface area contributed by atoms with Gasteiger partial charge in [-0.25, -0.2) is 4.39 Å². The second kappa shape index (κ2) is 5.51. The van der Waals surface area contributed by atoms with E-state index in [-0.39, 0.29) is 11.9 Å².